The van der Waals surface area contributed by atoms with Crippen LogP contribution < -0.4 is 4.74 Å². The molecule has 2 rings (SSSR count). The second-order valence-electron chi connectivity index (χ2n) is 3.55. The Morgan fingerprint density at radius 1 is 1.50 bits per heavy atom. The monoisotopic (exact) mass is 212 g/mol. The molecule has 1 atom stereocenters. The largest absolute Gasteiger partial charge is 0.496 e. The van der Waals surface area contributed by atoms with Crippen molar-refractivity contribution < 1.29 is 9.84 Å². The van der Waals surface area contributed by atoms with Crippen LogP contribution in [0, 0.1) is 0 Å². The Morgan fingerprint density at radius 3 is 3.00 bits per heavy atom. The number of hydrogen-bond donors (Lipinski definition) is 1. The first-order chi connectivity index (χ1) is 6.74. The zero-order valence-corrected chi connectivity index (χ0v) is 8.84. The van der Waals surface area contributed by atoms with Crippen LogP contribution in [0.1, 0.15) is 30.1 Å². The molecule has 3 heteroatoms. The van der Waals surface area contributed by atoms with Crippen LogP contribution >= 0.6 is 11.6 Å². The summed E-state index contributed by atoms with van der Waals surface area (Å²) in [5, 5.41) is 10.5. The summed E-state index contributed by atoms with van der Waals surface area (Å²) in [5.41, 5.74) is 1.93. The fraction of sp³-hybridized carbons (Fsp3) is 0.455. The van der Waals surface area contributed by atoms with E-state index >= 15 is 0 Å². The van der Waals surface area contributed by atoms with Crippen molar-refractivity contribution in [3.05, 3.63) is 28.3 Å². The van der Waals surface area contributed by atoms with Crippen LogP contribution in [0.4, 0.5) is 0 Å². The fourth-order valence-electron chi connectivity index (χ4n) is 2.04. The van der Waals surface area contributed by atoms with Crippen molar-refractivity contribution in [3.8, 4) is 5.75 Å². The van der Waals surface area contributed by atoms with Gasteiger partial charge in [0, 0.05) is 16.1 Å². The first kappa shape index (κ1) is 9.81. The molecule has 0 bridgehead atoms. The van der Waals surface area contributed by atoms with Gasteiger partial charge in [0.25, 0.3) is 0 Å². The summed E-state index contributed by atoms with van der Waals surface area (Å²) in [5.74, 6) is 0.836. The van der Waals surface area contributed by atoms with Crippen molar-refractivity contribution in [2.45, 2.75) is 25.4 Å². The molecule has 0 radical (unpaired) electrons. The van der Waals surface area contributed by atoms with E-state index < -0.39 is 6.10 Å². The highest BCUT2D eigenvalue weighted by Crippen LogP contribution is 2.39. The molecule has 1 aromatic rings. The minimum Gasteiger partial charge on any atom is -0.496 e. The average Bonchev–Trinajstić information content (AvgIpc) is 2.18. The third-order valence-electron chi connectivity index (χ3n) is 2.72. The van der Waals surface area contributed by atoms with Crippen LogP contribution in [0.3, 0.4) is 0 Å². The third kappa shape index (κ3) is 1.49. The molecule has 0 fully saturated rings. The molecule has 76 valence electrons. The van der Waals surface area contributed by atoms with Gasteiger partial charge in [-0.3, -0.25) is 0 Å². The van der Waals surface area contributed by atoms with Crippen LogP contribution in [0.15, 0.2) is 12.1 Å². The van der Waals surface area contributed by atoms with Gasteiger partial charge in [0.05, 0.1) is 13.2 Å². The number of benzene rings is 1. The Hall–Kier alpha value is -0.730. The highest BCUT2D eigenvalue weighted by atomic mass is 35.5. The molecule has 0 unspecified atom stereocenters. The Morgan fingerprint density at radius 2 is 2.29 bits per heavy atom. The summed E-state index contributed by atoms with van der Waals surface area (Å²) in [4.78, 5) is 0. The molecule has 0 saturated carbocycles. The summed E-state index contributed by atoms with van der Waals surface area (Å²) < 4.78 is 5.25. The smallest absolute Gasteiger partial charge is 0.122 e. The number of ether oxygens (including phenoxy) is 1. The topological polar surface area (TPSA) is 29.5 Å². The van der Waals surface area contributed by atoms with Gasteiger partial charge >= 0.3 is 0 Å². The van der Waals surface area contributed by atoms with Crippen molar-refractivity contribution in [3.63, 3.8) is 0 Å². The molecule has 0 spiro atoms. The molecular formula is C11H13ClO2. The lowest BCUT2D eigenvalue weighted by molar-refractivity contribution is 0.155. The summed E-state index contributed by atoms with van der Waals surface area (Å²) in [6, 6.07) is 3.65. The van der Waals surface area contributed by atoms with E-state index in [4.69, 9.17) is 16.3 Å². The summed E-state index contributed by atoms with van der Waals surface area (Å²) in [6.07, 6.45) is 2.29. The van der Waals surface area contributed by atoms with Crippen molar-refractivity contribution in [2.75, 3.05) is 7.11 Å². The molecule has 2 nitrogen and oxygen atoms in total. The zero-order chi connectivity index (χ0) is 10.1. The second-order valence-corrected chi connectivity index (χ2v) is 3.96. The first-order valence-corrected chi connectivity index (χ1v) is 5.15. The molecule has 0 aliphatic heterocycles. The van der Waals surface area contributed by atoms with E-state index in [9.17, 15) is 5.11 Å². The maximum atomic E-state index is 9.82. The molecule has 1 N–H and O–H groups in total. The number of halogens is 1. The second kappa shape index (κ2) is 3.79. The molecule has 1 aliphatic rings. The van der Waals surface area contributed by atoms with Crippen LogP contribution in [0.2, 0.25) is 5.02 Å². The molecule has 0 amide bonds. The van der Waals surface area contributed by atoms with E-state index in [2.05, 4.69) is 0 Å². The summed E-state index contributed by atoms with van der Waals surface area (Å²) in [6.45, 7) is 0. The van der Waals surface area contributed by atoms with E-state index in [0.29, 0.717) is 5.02 Å². The van der Waals surface area contributed by atoms with Gasteiger partial charge in [0.2, 0.25) is 0 Å². The van der Waals surface area contributed by atoms with E-state index in [1.165, 1.54) is 0 Å². The van der Waals surface area contributed by atoms with E-state index in [1.807, 2.05) is 6.07 Å². The van der Waals surface area contributed by atoms with E-state index in [0.717, 1.165) is 36.1 Å². The number of rotatable bonds is 1. The molecule has 0 aromatic heterocycles. The van der Waals surface area contributed by atoms with Crippen LogP contribution in [0.5, 0.6) is 5.75 Å². The average molecular weight is 213 g/mol. The Labute approximate surface area is 88.5 Å². The number of fused-ring (bicyclic) bond motifs is 1. The van der Waals surface area contributed by atoms with Gasteiger partial charge in [-0.15, -0.1) is 0 Å². The Bertz CT molecular complexity index is 349. The van der Waals surface area contributed by atoms with Gasteiger partial charge in [-0.2, -0.15) is 0 Å². The van der Waals surface area contributed by atoms with Gasteiger partial charge in [0.15, 0.2) is 0 Å². The Balaban J connectivity index is 2.57. The fourth-order valence-corrected chi connectivity index (χ4v) is 2.35. The van der Waals surface area contributed by atoms with Crippen molar-refractivity contribution in [1.82, 2.24) is 0 Å². The summed E-state index contributed by atoms with van der Waals surface area (Å²) >= 11 is 6.05. The minimum atomic E-state index is -0.429. The quantitative estimate of drug-likeness (QED) is 0.776. The predicted octanol–water partition coefficient (Wildman–Crippen LogP) is 2.72. The highest BCUT2D eigenvalue weighted by molar-refractivity contribution is 6.31. The SMILES string of the molecule is COc1ccc(Cl)c2c1CCC[C@H]2O. The standard InChI is InChI=1S/C11H13ClO2/c1-14-10-6-5-8(12)11-7(10)3-2-4-9(11)13/h5-6,9,13H,2-4H2,1H3/t9-/m1/s1. The van der Waals surface area contributed by atoms with Gasteiger partial charge in [-0.1, -0.05) is 11.6 Å². The minimum absolute atomic E-state index is 0.429. The number of hydrogen-bond acceptors (Lipinski definition) is 2. The van der Waals surface area contributed by atoms with Gasteiger partial charge in [-0.25, -0.2) is 0 Å². The number of methoxy groups -OCH3 is 1. The maximum absolute atomic E-state index is 9.82. The van der Waals surface area contributed by atoms with Crippen molar-refractivity contribution in [1.29, 1.82) is 0 Å². The van der Waals surface area contributed by atoms with Gasteiger partial charge < -0.3 is 9.84 Å². The van der Waals surface area contributed by atoms with Gasteiger partial charge in [0.1, 0.15) is 5.75 Å². The van der Waals surface area contributed by atoms with E-state index in [1.54, 1.807) is 13.2 Å². The lowest BCUT2D eigenvalue weighted by Crippen LogP contribution is -2.11. The third-order valence-corrected chi connectivity index (χ3v) is 3.05. The molecule has 0 heterocycles. The number of aliphatic hydroxyl groups is 1. The van der Waals surface area contributed by atoms with Crippen LogP contribution in [-0.2, 0) is 6.42 Å². The zero-order valence-electron chi connectivity index (χ0n) is 8.09. The van der Waals surface area contributed by atoms with Crippen LogP contribution in [-0.4, -0.2) is 12.2 Å². The molecule has 1 aliphatic carbocycles. The Kier molecular flexibility index (Phi) is 2.66. The first-order valence-electron chi connectivity index (χ1n) is 4.77. The van der Waals surface area contributed by atoms with Crippen molar-refractivity contribution in [2.24, 2.45) is 0 Å². The van der Waals surface area contributed by atoms with E-state index in [-0.39, 0.29) is 0 Å². The van der Waals surface area contributed by atoms with Gasteiger partial charge in [-0.05, 0) is 31.4 Å². The normalized spacial score (nSPS) is 20.4. The molecule has 14 heavy (non-hydrogen) atoms. The molecular weight excluding hydrogens is 200 g/mol. The highest BCUT2D eigenvalue weighted by Gasteiger charge is 2.23. The predicted molar refractivity (Wildman–Crippen MR) is 55.9 cm³/mol. The van der Waals surface area contributed by atoms with Crippen LogP contribution in [0.25, 0.3) is 0 Å². The summed E-state index contributed by atoms with van der Waals surface area (Å²) in [7, 11) is 1.64. The van der Waals surface area contributed by atoms with Crippen molar-refractivity contribution >= 4 is 11.6 Å². The lowest BCUT2D eigenvalue weighted by atomic mass is 9.89. The lowest BCUT2D eigenvalue weighted by Gasteiger charge is -2.24. The molecule has 1 aromatic carbocycles. The molecule has 0 saturated heterocycles. The maximum Gasteiger partial charge on any atom is 0.122 e. The number of aliphatic hydroxyl groups excluding tert-OH is 1.